The zero-order valence-electron chi connectivity index (χ0n) is 14.2. The number of urea groups is 1. The highest BCUT2D eigenvalue weighted by atomic mass is 16.5. The molecule has 1 heterocycles. The van der Waals surface area contributed by atoms with Gasteiger partial charge in [0.05, 0.1) is 6.61 Å². The first-order valence-corrected chi connectivity index (χ1v) is 8.11. The van der Waals surface area contributed by atoms with Gasteiger partial charge in [-0.25, -0.2) is 4.79 Å². The number of amides is 3. The minimum absolute atomic E-state index is 0.0129. The van der Waals surface area contributed by atoms with Crippen molar-refractivity contribution in [2.75, 3.05) is 44.1 Å². The maximum Gasteiger partial charge on any atom is 0.319 e. The summed E-state index contributed by atoms with van der Waals surface area (Å²) < 4.78 is 10.2. The Balaban J connectivity index is 1.88. The summed E-state index contributed by atoms with van der Waals surface area (Å²) in [6, 6.07) is 5.10. The van der Waals surface area contributed by atoms with Gasteiger partial charge in [0.15, 0.2) is 0 Å². The van der Waals surface area contributed by atoms with Gasteiger partial charge >= 0.3 is 6.03 Å². The van der Waals surface area contributed by atoms with E-state index < -0.39 is 0 Å². The number of benzene rings is 1. The summed E-state index contributed by atoms with van der Waals surface area (Å²) in [5.74, 6) is 0.129. The van der Waals surface area contributed by atoms with E-state index in [-0.39, 0.29) is 18.5 Å². The Hall–Kier alpha value is -2.12. The van der Waals surface area contributed by atoms with E-state index in [0.29, 0.717) is 30.4 Å². The molecule has 3 N–H and O–H groups in total. The predicted molar refractivity (Wildman–Crippen MR) is 92.2 cm³/mol. The van der Waals surface area contributed by atoms with Gasteiger partial charge in [-0.15, -0.1) is 0 Å². The van der Waals surface area contributed by atoms with Crippen LogP contribution in [0.3, 0.4) is 0 Å². The lowest BCUT2D eigenvalue weighted by Crippen LogP contribution is -2.36. The van der Waals surface area contributed by atoms with Crippen molar-refractivity contribution in [3.8, 4) is 0 Å². The van der Waals surface area contributed by atoms with E-state index >= 15 is 0 Å². The fraction of sp³-hybridized carbons (Fsp3) is 0.529. The van der Waals surface area contributed by atoms with Crippen LogP contribution in [0.2, 0.25) is 0 Å². The van der Waals surface area contributed by atoms with Crippen LogP contribution < -0.4 is 16.0 Å². The van der Waals surface area contributed by atoms with Gasteiger partial charge in [-0.05, 0) is 43.4 Å². The van der Waals surface area contributed by atoms with Gasteiger partial charge in [0.1, 0.15) is 6.61 Å². The zero-order chi connectivity index (χ0) is 17.4. The Morgan fingerprint density at radius 3 is 2.71 bits per heavy atom. The number of methoxy groups -OCH3 is 1. The first-order valence-electron chi connectivity index (χ1n) is 8.11. The van der Waals surface area contributed by atoms with Crippen molar-refractivity contribution in [1.29, 1.82) is 0 Å². The van der Waals surface area contributed by atoms with Gasteiger partial charge in [-0.2, -0.15) is 0 Å². The maximum absolute atomic E-state index is 12.1. The molecule has 7 heteroatoms. The molecule has 0 bridgehead atoms. The highest BCUT2D eigenvalue weighted by Gasteiger charge is 2.15. The minimum atomic E-state index is -0.260. The van der Waals surface area contributed by atoms with Crippen molar-refractivity contribution in [3.63, 3.8) is 0 Å². The first kappa shape index (κ1) is 18.2. The van der Waals surface area contributed by atoms with Crippen molar-refractivity contribution in [3.05, 3.63) is 23.8 Å². The van der Waals surface area contributed by atoms with Crippen LogP contribution >= 0.6 is 0 Å². The lowest BCUT2D eigenvalue weighted by molar-refractivity contribution is -0.119. The molecular formula is C17H25N3O4. The molecule has 0 saturated carbocycles. The third-order valence-corrected chi connectivity index (χ3v) is 3.94. The average Bonchev–Trinajstić information content (AvgIpc) is 2.58. The Bertz CT molecular complexity index is 571. The molecule has 0 aromatic heterocycles. The van der Waals surface area contributed by atoms with Crippen molar-refractivity contribution in [1.82, 2.24) is 5.32 Å². The van der Waals surface area contributed by atoms with Gasteiger partial charge in [-0.1, -0.05) is 6.07 Å². The van der Waals surface area contributed by atoms with Gasteiger partial charge in [0.2, 0.25) is 5.91 Å². The molecule has 1 aliphatic rings. The molecule has 1 aromatic carbocycles. The first-order chi connectivity index (χ1) is 11.6. The van der Waals surface area contributed by atoms with Crippen LogP contribution in [0.1, 0.15) is 18.4 Å². The van der Waals surface area contributed by atoms with Crippen LogP contribution in [0, 0.1) is 12.8 Å². The van der Waals surface area contributed by atoms with E-state index in [4.69, 9.17) is 9.47 Å². The molecule has 0 aliphatic carbocycles. The van der Waals surface area contributed by atoms with E-state index in [1.54, 1.807) is 18.2 Å². The van der Waals surface area contributed by atoms with Crippen LogP contribution in [0.25, 0.3) is 0 Å². The minimum Gasteiger partial charge on any atom is -0.381 e. The summed E-state index contributed by atoms with van der Waals surface area (Å²) >= 11 is 0. The summed E-state index contributed by atoms with van der Waals surface area (Å²) in [7, 11) is 1.46. The third kappa shape index (κ3) is 5.50. The molecular weight excluding hydrogens is 310 g/mol. The normalized spacial score (nSPS) is 17.2. The zero-order valence-corrected chi connectivity index (χ0v) is 14.2. The van der Waals surface area contributed by atoms with Gasteiger partial charge in [0.25, 0.3) is 0 Å². The molecule has 1 atom stereocenters. The molecule has 0 unspecified atom stereocenters. The number of nitrogens with one attached hydrogen (secondary N) is 3. The standard InChI is InChI=1S/C17H25N3O4/c1-12-14(19-16(21)11-23-2)6-3-7-15(12)20-17(22)18-9-13-5-4-8-24-10-13/h3,6-7,13H,4-5,8-11H2,1-2H3,(H,19,21)(H2,18,20,22)/t13-/m0/s1. The molecule has 0 spiro atoms. The summed E-state index contributed by atoms with van der Waals surface area (Å²) in [4.78, 5) is 23.7. The summed E-state index contributed by atoms with van der Waals surface area (Å²) in [6.07, 6.45) is 2.11. The fourth-order valence-corrected chi connectivity index (χ4v) is 2.60. The van der Waals surface area contributed by atoms with Crippen molar-refractivity contribution in [2.45, 2.75) is 19.8 Å². The second-order valence-electron chi connectivity index (χ2n) is 5.88. The predicted octanol–water partition coefficient (Wildman–Crippen LogP) is 2.13. The summed E-state index contributed by atoms with van der Waals surface area (Å²) in [6.45, 7) is 3.92. The van der Waals surface area contributed by atoms with Gasteiger partial charge in [0, 0.05) is 31.6 Å². The van der Waals surface area contributed by atoms with E-state index in [2.05, 4.69) is 16.0 Å². The van der Waals surface area contributed by atoms with E-state index in [1.807, 2.05) is 6.92 Å². The molecule has 1 aliphatic heterocycles. The average molecular weight is 335 g/mol. The van der Waals surface area contributed by atoms with E-state index in [9.17, 15) is 9.59 Å². The second kappa shape index (κ2) is 9.24. The Labute approximate surface area is 142 Å². The van der Waals surface area contributed by atoms with Crippen LogP contribution in [-0.4, -0.2) is 45.4 Å². The van der Waals surface area contributed by atoms with Crippen LogP contribution in [-0.2, 0) is 14.3 Å². The lowest BCUT2D eigenvalue weighted by atomic mass is 10.0. The Morgan fingerprint density at radius 1 is 1.29 bits per heavy atom. The van der Waals surface area contributed by atoms with E-state index in [1.165, 1.54) is 7.11 Å². The lowest BCUT2D eigenvalue weighted by Gasteiger charge is -2.22. The van der Waals surface area contributed by atoms with Crippen molar-refractivity contribution in [2.24, 2.45) is 5.92 Å². The fourth-order valence-electron chi connectivity index (χ4n) is 2.60. The number of rotatable bonds is 6. The highest BCUT2D eigenvalue weighted by molar-refractivity contribution is 5.95. The molecule has 1 saturated heterocycles. The Kier molecular flexibility index (Phi) is 7.02. The van der Waals surface area contributed by atoms with E-state index in [0.717, 1.165) is 25.0 Å². The summed E-state index contributed by atoms with van der Waals surface area (Å²) in [5, 5.41) is 8.45. The molecule has 1 aromatic rings. The number of anilines is 2. The van der Waals surface area contributed by atoms with Gasteiger partial charge in [-0.3, -0.25) is 4.79 Å². The van der Waals surface area contributed by atoms with Crippen molar-refractivity contribution >= 4 is 23.3 Å². The highest BCUT2D eigenvalue weighted by Crippen LogP contribution is 2.23. The Morgan fingerprint density at radius 2 is 2.04 bits per heavy atom. The van der Waals surface area contributed by atoms with Crippen molar-refractivity contribution < 1.29 is 19.1 Å². The van der Waals surface area contributed by atoms with Crippen LogP contribution in [0.15, 0.2) is 18.2 Å². The quantitative estimate of drug-likeness (QED) is 0.743. The maximum atomic E-state index is 12.1. The molecule has 2 rings (SSSR count). The largest absolute Gasteiger partial charge is 0.381 e. The third-order valence-electron chi connectivity index (χ3n) is 3.94. The summed E-state index contributed by atoms with van der Waals surface area (Å²) in [5.41, 5.74) is 2.09. The van der Waals surface area contributed by atoms with Gasteiger partial charge < -0.3 is 25.4 Å². The molecule has 132 valence electrons. The number of ether oxygens (including phenoxy) is 2. The monoisotopic (exact) mass is 335 g/mol. The number of carbonyl (C=O) groups excluding carboxylic acids is 2. The second-order valence-corrected chi connectivity index (χ2v) is 5.88. The smallest absolute Gasteiger partial charge is 0.319 e. The molecule has 1 fully saturated rings. The number of hydrogen-bond acceptors (Lipinski definition) is 4. The number of carbonyl (C=O) groups is 2. The van der Waals surface area contributed by atoms with Crippen LogP contribution in [0.5, 0.6) is 0 Å². The SMILES string of the molecule is COCC(=O)Nc1cccc(NC(=O)NC[C@@H]2CCCOC2)c1C. The van der Waals surface area contributed by atoms with Crippen LogP contribution in [0.4, 0.5) is 16.2 Å². The topological polar surface area (TPSA) is 88.7 Å². The molecule has 24 heavy (non-hydrogen) atoms. The molecule has 3 amide bonds. The number of hydrogen-bond donors (Lipinski definition) is 3. The molecule has 7 nitrogen and oxygen atoms in total. The molecule has 0 radical (unpaired) electrons.